The van der Waals surface area contributed by atoms with Gasteiger partial charge in [0.2, 0.25) is 5.89 Å². The maximum Gasteiger partial charge on any atom is 0.232 e. The Hall–Kier alpha value is -1.65. The van der Waals surface area contributed by atoms with Crippen molar-refractivity contribution in [2.45, 2.75) is 66.2 Å². The summed E-state index contributed by atoms with van der Waals surface area (Å²) in [6, 6.07) is 0. The molecule has 0 radical (unpaired) electrons. The van der Waals surface area contributed by atoms with Gasteiger partial charge < -0.3 is 8.94 Å². The van der Waals surface area contributed by atoms with Crippen molar-refractivity contribution in [1.29, 1.82) is 0 Å². The highest BCUT2D eigenvalue weighted by Crippen LogP contribution is 2.24. The van der Waals surface area contributed by atoms with E-state index >= 15 is 0 Å². The third kappa shape index (κ3) is 4.47. The molecule has 0 saturated carbocycles. The topological polar surface area (TPSA) is 65.0 Å². The van der Waals surface area contributed by atoms with Gasteiger partial charge >= 0.3 is 0 Å². The van der Waals surface area contributed by atoms with Crippen LogP contribution in [-0.2, 0) is 10.8 Å². The molecule has 0 fully saturated rings. The molecule has 5 heteroatoms. The summed E-state index contributed by atoms with van der Waals surface area (Å²) >= 11 is 0. The van der Waals surface area contributed by atoms with Gasteiger partial charge in [-0.25, -0.2) is 4.98 Å². The molecule has 5 nitrogen and oxygen atoms in total. The number of aryl methyl sites for hydroxylation is 2. The van der Waals surface area contributed by atoms with Gasteiger partial charge in [0.1, 0.15) is 5.76 Å². The average molecular weight is 279 g/mol. The van der Waals surface area contributed by atoms with Crippen LogP contribution >= 0.6 is 0 Å². The number of hydrogen-bond acceptors (Lipinski definition) is 5. The van der Waals surface area contributed by atoms with Crippen LogP contribution in [0.5, 0.6) is 0 Å². The number of hydrogen-bond donors (Lipinski definition) is 0. The highest BCUT2D eigenvalue weighted by Gasteiger charge is 2.20. The number of nitrogens with zero attached hydrogens (tertiary/aromatic N) is 3. The van der Waals surface area contributed by atoms with E-state index in [0.717, 1.165) is 11.5 Å². The van der Waals surface area contributed by atoms with Crippen LogP contribution in [0.15, 0.2) is 15.3 Å². The lowest BCUT2D eigenvalue weighted by Crippen LogP contribution is -2.11. The predicted octanol–water partition coefficient (Wildman–Crippen LogP) is 3.96. The van der Waals surface area contributed by atoms with Gasteiger partial charge in [-0.15, -0.1) is 0 Å². The van der Waals surface area contributed by atoms with Crippen LogP contribution in [0.3, 0.4) is 0 Å². The maximum atomic E-state index is 5.22. The van der Waals surface area contributed by atoms with Gasteiger partial charge in [-0.3, -0.25) is 0 Å². The summed E-state index contributed by atoms with van der Waals surface area (Å²) in [6.07, 6.45) is 1.50. The Labute approximate surface area is 120 Å². The molecule has 0 amide bonds. The van der Waals surface area contributed by atoms with Crippen molar-refractivity contribution in [2.24, 2.45) is 0 Å². The number of aromatic nitrogens is 3. The standard InChI is InChI=1S/C8H13NO.C7H12N2O/c1-6-7(8(2,3)4)10-5-9-6;1-5-8-6(10-9-5)7(2,3)4/h5H,1-4H3;1-4H3. The Morgan fingerprint density at radius 2 is 1.55 bits per heavy atom. The molecule has 0 aromatic carbocycles. The van der Waals surface area contributed by atoms with Gasteiger partial charge in [-0.1, -0.05) is 46.7 Å². The minimum Gasteiger partial charge on any atom is -0.448 e. The van der Waals surface area contributed by atoms with Gasteiger partial charge in [-0.2, -0.15) is 4.98 Å². The van der Waals surface area contributed by atoms with E-state index in [2.05, 4.69) is 35.9 Å². The Morgan fingerprint density at radius 3 is 1.75 bits per heavy atom. The highest BCUT2D eigenvalue weighted by atomic mass is 16.5. The first-order chi connectivity index (χ1) is 9.01. The molecule has 2 heterocycles. The van der Waals surface area contributed by atoms with Crippen LogP contribution in [0.1, 0.15) is 64.7 Å². The fourth-order valence-electron chi connectivity index (χ4n) is 1.62. The summed E-state index contributed by atoms with van der Waals surface area (Å²) in [5.41, 5.74) is 1.05. The summed E-state index contributed by atoms with van der Waals surface area (Å²) < 4.78 is 10.2. The second-order valence-electron chi connectivity index (χ2n) is 6.91. The fraction of sp³-hybridized carbons (Fsp3) is 0.667. The van der Waals surface area contributed by atoms with Crippen LogP contribution < -0.4 is 0 Å². The molecule has 0 aliphatic carbocycles. The third-order valence-electron chi connectivity index (χ3n) is 2.60. The van der Waals surface area contributed by atoms with Gasteiger partial charge in [0.25, 0.3) is 0 Å². The van der Waals surface area contributed by atoms with Crippen LogP contribution in [0.25, 0.3) is 0 Å². The summed E-state index contributed by atoms with van der Waals surface area (Å²) in [6.45, 7) is 16.2. The van der Waals surface area contributed by atoms with Crippen molar-refractivity contribution in [2.75, 3.05) is 0 Å². The molecule has 20 heavy (non-hydrogen) atoms. The number of rotatable bonds is 0. The first-order valence-electron chi connectivity index (χ1n) is 6.73. The summed E-state index contributed by atoms with van der Waals surface area (Å²) in [7, 11) is 0. The minimum atomic E-state index is -0.0265. The largest absolute Gasteiger partial charge is 0.448 e. The molecule has 0 unspecified atom stereocenters. The lowest BCUT2D eigenvalue weighted by Gasteiger charge is -2.14. The van der Waals surface area contributed by atoms with E-state index in [-0.39, 0.29) is 10.8 Å². The van der Waals surface area contributed by atoms with Crippen LogP contribution in [-0.4, -0.2) is 15.1 Å². The third-order valence-corrected chi connectivity index (χ3v) is 2.60. The van der Waals surface area contributed by atoms with E-state index in [1.165, 1.54) is 6.39 Å². The van der Waals surface area contributed by atoms with Gasteiger partial charge in [0, 0.05) is 10.8 Å². The molecule has 0 aliphatic rings. The highest BCUT2D eigenvalue weighted by molar-refractivity contribution is 5.13. The number of oxazole rings is 1. The predicted molar refractivity (Wildman–Crippen MR) is 77.7 cm³/mol. The van der Waals surface area contributed by atoms with Crippen LogP contribution in [0.2, 0.25) is 0 Å². The normalized spacial score (nSPS) is 12.0. The molecule has 2 aromatic heterocycles. The second kappa shape index (κ2) is 5.77. The van der Waals surface area contributed by atoms with Gasteiger partial charge in [0.15, 0.2) is 12.2 Å². The quantitative estimate of drug-likeness (QED) is 0.730. The van der Waals surface area contributed by atoms with Crippen molar-refractivity contribution in [3.05, 3.63) is 29.6 Å². The molecule has 2 aromatic rings. The molecular formula is C15H25N3O2. The Bertz CT molecular complexity index is 542. The van der Waals surface area contributed by atoms with Crippen LogP contribution in [0.4, 0.5) is 0 Å². The Morgan fingerprint density at radius 1 is 0.950 bits per heavy atom. The molecule has 2 rings (SSSR count). The van der Waals surface area contributed by atoms with Crippen LogP contribution in [0, 0.1) is 13.8 Å². The van der Waals surface area contributed by atoms with E-state index < -0.39 is 0 Å². The zero-order chi connectivity index (χ0) is 15.6. The minimum absolute atomic E-state index is 0.0265. The van der Waals surface area contributed by atoms with E-state index in [9.17, 15) is 0 Å². The first-order valence-corrected chi connectivity index (χ1v) is 6.73. The summed E-state index contributed by atoms with van der Waals surface area (Å²) in [5, 5.41) is 3.70. The van der Waals surface area contributed by atoms with E-state index in [4.69, 9.17) is 8.94 Å². The Balaban J connectivity index is 0.000000200. The van der Waals surface area contributed by atoms with Gasteiger partial charge in [0.05, 0.1) is 5.69 Å². The Kier molecular flexibility index (Phi) is 4.73. The van der Waals surface area contributed by atoms with Crippen molar-refractivity contribution in [3.63, 3.8) is 0 Å². The molecule has 0 bridgehead atoms. The summed E-state index contributed by atoms with van der Waals surface area (Å²) in [4.78, 5) is 8.12. The zero-order valence-corrected chi connectivity index (χ0v) is 13.7. The zero-order valence-electron chi connectivity index (χ0n) is 13.7. The summed E-state index contributed by atoms with van der Waals surface area (Å²) in [5.74, 6) is 2.38. The molecule has 0 spiro atoms. The molecule has 0 aliphatic heterocycles. The van der Waals surface area contributed by atoms with Crippen molar-refractivity contribution >= 4 is 0 Å². The molecular weight excluding hydrogens is 254 g/mol. The second-order valence-corrected chi connectivity index (χ2v) is 6.91. The van der Waals surface area contributed by atoms with Crippen molar-refractivity contribution in [3.8, 4) is 0 Å². The SMILES string of the molecule is Cc1ncoc1C(C)(C)C.Cc1noc(C(C)(C)C)n1. The van der Waals surface area contributed by atoms with E-state index in [0.29, 0.717) is 11.7 Å². The lowest BCUT2D eigenvalue weighted by atomic mass is 9.92. The van der Waals surface area contributed by atoms with Gasteiger partial charge in [-0.05, 0) is 13.8 Å². The lowest BCUT2D eigenvalue weighted by molar-refractivity contribution is 0.319. The maximum absolute atomic E-state index is 5.22. The van der Waals surface area contributed by atoms with E-state index in [1.807, 2.05) is 34.6 Å². The molecule has 112 valence electrons. The molecule has 0 atom stereocenters. The fourth-order valence-corrected chi connectivity index (χ4v) is 1.62. The first kappa shape index (κ1) is 16.4. The monoisotopic (exact) mass is 279 g/mol. The van der Waals surface area contributed by atoms with E-state index in [1.54, 1.807) is 0 Å². The van der Waals surface area contributed by atoms with Crippen molar-refractivity contribution in [1.82, 2.24) is 15.1 Å². The van der Waals surface area contributed by atoms with Crippen molar-refractivity contribution < 1.29 is 8.94 Å². The molecule has 0 N–H and O–H groups in total. The molecule has 0 saturated heterocycles. The smallest absolute Gasteiger partial charge is 0.232 e. The average Bonchev–Trinajstić information content (AvgIpc) is 2.85.